The van der Waals surface area contributed by atoms with Gasteiger partial charge >= 0.3 is 6.03 Å². The highest BCUT2D eigenvalue weighted by Crippen LogP contribution is 2.42. The number of urea groups is 1. The van der Waals surface area contributed by atoms with Crippen molar-refractivity contribution >= 4 is 35.7 Å². The van der Waals surface area contributed by atoms with Crippen molar-refractivity contribution < 1.29 is 9.59 Å². The summed E-state index contributed by atoms with van der Waals surface area (Å²) in [5.41, 5.74) is 12.6. The van der Waals surface area contributed by atoms with Gasteiger partial charge in [-0.3, -0.25) is 4.79 Å². The molecule has 0 heterocycles. The van der Waals surface area contributed by atoms with Gasteiger partial charge in [-0.1, -0.05) is 12.5 Å². The van der Waals surface area contributed by atoms with Crippen LogP contribution in [0.25, 0.3) is 0 Å². The first-order chi connectivity index (χ1) is 11.0. The molecule has 6 N–H and O–H groups in total. The van der Waals surface area contributed by atoms with E-state index in [0.29, 0.717) is 23.2 Å². The molecule has 24 heavy (non-hydrogen) atoms. The van der Waals surface area contributed by atoms with E-state index < -0.39 is 6.03 Å². The summed E-state index contributed by atoms with van der Waals surface area (Å²) in [6, 6.07) is 6.65. The minimum absolute atomic E-state index is 0. The van der Waals surface area contributed by atoms with Crippen LogP contribution in [-0.2, 0) is 4.79 Å². The zero-order valence-electron chi connectivity index (χ0n) is 13.5. The van der Waals surface area contributed by atoms with Gasteiger partial charge in [-0.15, -0.1) is 12.4 Å². The average molecular weight is 353 g/mol. The van der Waals surface area contributed by atoms with E-state index in [9.17, 15) is 9.59 Å². The number of carbonyl (C=O) groups is 2. The average Bonchev–Trinajstić information content (AvgIpc) is 2.46. The van der Waals surface area contributed by atoms with Gasteiger partial charge < -0.3 is 22.1 Å². The molecule has 1 aromatic rings. The molecule has 2 atom stereocenters. The molecule has 0 spiro atoms. The lowest BCUT2D eigenvalue weighted by atomic mass is 9.65. The van der Waals surface area contributed by atoms with Crippen molar-refractivity contribution in [3.63, 3.8) is 0 Å². The fourth-order valence-electron chi connectivity index (χ4n) is 4.06. The van der Waals surface area contributed by atoms with Gasteiger partial charge in [-0.05, 0) is 55.7 Å². The molecule has 6 nitrogen and oxygen atoms in total. The van der Waals surface area contributed by atoms with Crippen LogP contribution in [0.15, 0.2) is 24.3 Å². The zero-order chi connectivity index (χ0) is 16.4. The largest absolute Gasteiger partial charge is 0.351 e. The maximum absolute atomic E-state index is 12.6. The second-order valence-corrected chi connectivity index (χ2v) is 6.76. The van der Waals surface area contributed by atoms with E-state index in [0.717, 1.165) is 25.7 Å². The molecule has 2 unspecified atom stereocenters. The highest BCUT2D eigenvalue weighted by Gasteiger charge is 2.40. The van der Waals surface area contributed by atoms with Crippen LogP contribution in [0.2, 0.25) is 0 Å². The molecule has 0 aliphatic heterocycles. The number of anilines is 2. The summed E-state index contributed by atoms with van der Waals surface area (Å²) in [5, 5.41) is 5.46. The summed E-state index contributed by atoms with van der Waals surface area (Å²) in [5.74, 6) is 1.02. The molecule has 0 aromatic heterocycles. The predicted molar refractivity (Wildman–Crippen MR) is 97.1 cm³/mol. The van der Waals surface area contributed by atoms with E-state index in [1.165, 1.54) is 6.42 Å². The summed E-state index contributed by atoms with van der Waals surface area (Å²) >= 11 is 0. The number of hydrogen-bond acceptors (Lipinski definition) is 3. The van der Waals surface area contributed by atoms with Crippen molar-refractivity contribution in [1.29, 1.82) is 0 Å². The molecule has 0 saturated heterocycles. The molecule has 1 aromatic carbocycles. The smallest absolute Gasteiger partial charge is 0.316 e. The summed E-state index contributed by atoms with van der Waals surface area (Å²) in [6.07, 6.45) is 5.27. The van der Waals surface area contributed by atoms with E-state index in [1.807, 2.05) is 0 Å². The van der Waals surface area contributed by atoms with Crippen molar-refractivity contribution in [2.75, 3.05) is 10.6 Å². The van der Waals surface area contributed by atoms with Crippen LogP contribution in [0.3, 0.4) is 0 Å². The Morgan fingerprint density at radius 1 is 1.04 bits per heavy atom. The van der Waals surface area contributed by atoms with Gasteiger partial charge in [0.05, 0.1) is 0 Å². The first-order valence-electron chi connectivity index (χ1n) is 8.26. The summed E-state index contributed by atoms with van der Waals surface area (Å²) in [6.45, 7) is 0. The maximum atomic E-state index is 12.6. The maximum Gasteiger partial charge on any atom is 0.316 e. The molecular formula is C17H25ClN4O2. The highest BCUT2D eigenvalue weighted by molar-refractivity contribution is 5.94. The number of carbonyl (C=O) groups excluding carboxylic acids is 2. The van der Waals surface area contributed by atoms with Crippen molar-refractivity contribution in [1.82, 2.24) is 0 Å². The molecule has 0 radical (unpaired) electrons. The standard InChI is InChI=1S/C17H24N4O2.ClH/c18-15-10-3-1-4-11(15)8-12(7-10)16(22)20-13-5-2-6-14(9-13)21-17(19)23;/h2,5-6,9-12,15H,1,3-4,7-8,18H2,(H,20,22)(H3,19,21,23);1H. The second-order valence-electron chi connectivity index (χ2n) is 6.76. The molecule has 3 rings (SSSR count). The van der Waals surface area contributed by atoms with Crippen LogP contribution in [0.4, 0.5) is 16.2 Å². The number of primary amides is 1. The summed E-state index contributed by atoms with van der Waals surface area (Å²) < 4.78 is 0. The number of fused-ring (bicyclic) bond motifs is 2. The van der Waals surface area contributed by atoms with Crippen molar-refractivity contribution in [3.05, 3.63) is 24.3 Å². The number of rotatable bonds is 3. The number of halogens is 1. The zero-order valence-corrected chi connectivity index (χ0v) is 14.4. The lowest BCUT2D eigenvalue weighted by Gasteiger charge is -2.43. The van der Waals surface area contributed by atoms with Gasteiger partial charge in [0, 0.05) is 23.3 Å². The number of amides is 3. The third-order valence-corrected chi connectivity index (χ3v) is 5.18. The Balaban J connectivity index is 0.00000208. The first kappa shape index (κ1) is 18.5. The fraction of sp³-hybridized carbons (Fsp3) is 0.529. The van der Waals surface area contributed by atoms with Gasteiger partial charge in [0.15, 0.2) is 0 Å². The van der Waals surface area contributed by atoms with Crippen LogP contribution >= 0.6 is 12.4 Å². The van der Waals surface area contributed by atoms with Crippen molar-refractivity contribution in [2.45, 2.75) is 38.1 Å². The third-order valence-electron chi connectivity index (χ3n) is 5.18. The quantitative estimate of drug-likeness (QED) is 0.671. The molecule has 2 fully saturated rings. The molecule has 7 heteroatoms. The van der Waals surface area contributed by atoms with E-state index in [2.05, 4.69) is 10.6 Å². The van der Waals surface area contributed by atoms with Crippen molar-refractivity contribution in [3.8, 4) is 0 Å². The van der Waals surface area contributed by atoms with Gasteiger partial charge in [-0.2, -0.15) is 0 Å². The number of benzene rings is 1. The Kier molecular flexibility index (Phi) is 6.07. The van der Waals surface area contributed by atoms with E-state index in [-0.39, 0.29) is 30.3 Å². The monoisotopic (exact) mass is 352 g/mol. The number of nitrogens with two attached hydrogens (primary N) is 2. The predicted octanol–water partition coefficient (Wildman–Crippen LogP) is 2.69. The van der Waals surface area contributed by atoms with Gasteiger partial charge in [0.2, 0.25) is 5.91 Å². The Labute approximate surface area is 148 Å². The lowest BCUT2D eigenvalue weighted by Crippen LogP contribution is -2.48. The molecule has 2 saturated carbocycles. The molecule has 132 valence electrons. The third kappa shape index (κ3) is 4.19. The van der Waals surface area contributed by atoms with Gasteiger partial charge in [-0.25, -0.2) is 4.79 Å². The molecule has 2 aliphatic rings. The Morgan fingerprint density at radius 3 is 2.21 bits per heavy atom. The van der Waals surface area contributed by atoms with Crippen LogP contribution in [0, 0.1) is 17.8 Å². The normalized spacial score (nSPS) is 28.4. The van der Waals surface area contributed by atoms with E-state index in [4.69, 9.17) is 11.5 Å². The highest BCUT2D eigenvalue weighted by atomic mass is 35.5. The minimum atomic E-state index is -0.623. The Hall–Kier alpha value is -1.79. The SMILES string of the molecule is Cl.NC(=O)Nc1cccc(NC(=O)C2CC3CCCC(C2)C3N)c1. The summed E-state index contributed by atoms with van der Waals surface area (Å²) in [4.78, 5) is 23.5. The first-order valence-corrected chi connectivity index (χ1v) is 8.26. The van der Waals surface area contributed by atoms with Crippen LogP contribution < -0.4 is 22.1 Å². The topological polar surface area (TPSA) is 110 Å². The summed E-state index contributed by atoms with van der Waals surface area (Å²) in [7, 11) is 0. The second kappa shape index (κ2) is 7.85. The fourth-order valence-corrected chi connectivity index (χ4v) is 4.06. The van der Waals surface area contributed by atoms with Gasteiger partial charge in [0.1, 0.15) is 0 Å². The lowest BCUT2D eigenvalue weighted by molar-refractivity contribution is -0.122. The Morgan fingerprint density at radius 2 is 1.62 bits per heavy atom. The van der Waals surface area contributed by atoms with Crippen LogP contribution in [-0.4, -0.2) is 18.0 Å². The van der Waals surface area contributed by atoms with Gasteiger partial charge in [0.25, 0.3) is 0 Å². The number of nitrogens with one attached hydrogen (secondary N) is 2. The molecular weight excluding hydrogens is 328 g/mol. The molecule has 2 bridgehead atoms. The van der Waals surface area contributed by atoms with E-state index in [1.54, 1.807) is 24.3 Å². The van der Waals surface area contributed by atoms with Crippen molar-refractivity contribution in [2.24, 2.45) is 29.2 Å². The number of hydrogen-bond donors (Lipinski definition) is 4. The van der Waals surface area contributed by atoms with Crippen LogP contribution in [0.1, 0.15) is 32.1 Å². The van der Waals surface area contributed by atoms with Crippen LogP contribution in [0.5, 0.6) is 0 Å². The van der Waals surface area contributed by atoms with E-state index >= 15 is 0 Å². The molecule has 2 aliphatic carbocycles. The molecule has 3 amide bonds. The minimum Gasteiger partial charge on any atom is -0.351 e. The Bertz CT molecular complexity index is 596.